The largest absolute Gasteiger partial charge is 0.496 e. The van der Waals surface area contributed by atoms with E-state index in [1.165, 1.54) is 0 Å². The number of ether oxygens (including phenoxy) is 1. The second-order valence-electron chi connectivity index (χ2n) is 3.10. The van der Waals surface area contributed by atoms with Crippen LogP contribution in [-0.4, -0.2) is 18.8 Å². The lowest BCUT2D eigenvalue weighted by atomic mass is 10.1. The van der Waals surface area contributed by atoms with Gasteiger partial charge in [-0.25, -0.2) is 0 Å². The number of Topliss-reactive ketones (excluding diaryl/α,β-unsaturated/α-hetero) is 1. The number of hydrogen-bond acceptors (Lipinski definition) is 3. The monoisotopic (exact) mass is 191 g/mol. The Hall–Kier alpha value is -1.84. The number of anilines is 1. The summed E-state index contributed by atoms with van der Waals surface area (Å²) in [6.45, 7) is 1.80. The van der Waals surface area contributed by atoms with Gasteiger partial charge in [0, 0.05) is 5.56 Å². The first-order valence-electron chi connectivity index (χ1n) is 4.18. The Bertz CT molecular complexity index is 437. The standard InChI is InChI=1S/C10H9NO3/c1-5-7(14-2)4-3-6-8(5)11-10(13)9(6)12/h3-4H,1-2H3,(H,11,12,13). The van der Waals surface area contributed by atoms with E-state index in [1.807, 2.05) is 0 Å². The third kappa shape index (κ3) is 1.00. The van der Waals surface area contributed by atoms with Gasteiger partial charge >= 0.3 is 0 Å². The summed E-state index contributed by atoms with van der Waals surface area (Å²) >= 11 is 0. The lowest BCUT2D eigenvalue weighted by Gasteiger charge is -2.07. The molecule has 0 aliphatic carbocycles. The minimum absolute atomic E-state index is 0.424. The molecular weight excluding hydrogens is 182 g/mol. The van der Waals surface area contributed by atoms with Gasteiger partial charge in [0.25, 0.3) is 11.7 Å². The molecule has 0 radical (unpaired) electrons. The molecule has 4 heteroatoms. The second-order valence-corrected chi connectivity index (χ2v) is 3.10. The zero-order valence-electron chi connectivity index (χ0n) is 7.88. The van der Waals surface area contributed by atoms with Crippen LogP contribution in [0.3, 0.4) is 0 Å². The molecule has 0 fully saturated rings. The van der Waals surface area contributed by atoms with Crippen LogP contribution in [0.4, 0.5) is 5.69 Å². The first-order chi connectivity index (χ1) is 6.65. The average Bonchev–Trinajstić information content (AvgIpc) is 2.46. The number of fused-ring (bicyclic) bond motifs is 1. The number of rotatable bonds is 1. The lowest BCUT2D eigenvalue weighted by molar-refractivity contribution is -0.112. The van der Waals surface area contributed by atoms with Gasteiger partial charge in [0.2, 0.25) is 0 Å². The predicted molar refractivity (Wildman–Crippen MR) is 50.7 cm³/mol. The fourth-order valence-electron chi connectivity index (χ4n) is 1.56. The molecule has 1 aliphatic rings. The van der Waals surface area contributed by atoms with Gasteiger partial charge in [-0.05, 0) is 19.1 Å². The summed E-state index contributed by atoms with van der Waals surface area (Å²) < 4.78 is 5.08. The Morgan fingerprint density at radius 1 is 1.29 bits per heavy atom. The maximum absolute atomic E-state index is 11.3. The molecule has 1 aromatic carbocycles. The van der Waals surface area contributed by atoms with Gasteiger partial charge < -0.3 is 10.1 Å². The van der Waals surface area contributed by atoms with Gasteiger partial charge in [0.05, 0.1) is 18.4 Å². The van der Waals surface area contributed by atoms with Crippen molar-refractivity contribution >= 4 is 17.4 Å². The molecule has 0 atom stereocenters. The Morgan fingerprint density at radius 3 is 2.64 bits per heavy atom. The Labute approximate surface area is 80.9 Å². The topological polar surface area (TPSA) is 55.4 Å². The van der Waals surface area contributed by atoms with Crippen molar-refractivity contribution in [3.05, 3.63) is 23.3 Å². The smallest absolute Gasteiger partial charge is 0.296 e. The molecule has 0 spiro atoms. The van der Waals surface area contributed by atoms with Crippen molar-refractivity contribution in [3.8, 4) is 5.75 Å². The first-order valence-corrected chi connectivity index (χ1v) is 4.18. The quantitative estimate of drug-likeness (QED) is 0.677. The summed E-state index contributed by atoms with van der Waals surface area (Å²) in [6, 6.07) is 3.29. The zero-order valence-corrected chi connectivity index (χ0v) is 7.88. The van der Waals surface area contributed by atoms with Crippen LogP contribution in [0.2, 0.25) is 0 Å². The normalized spacial score (nSPS) is 13.9. The summed E-state index contributed by atoms with van der Waals surface area (Å²) in [5, 5.41) is 2.52. The van der Waals surface area contributed by atoms with Crippen molar-refractivity contribution < 1.29 is 14.3 Å². The van der Waals surface area contributed by atoms with Crippen LogP contribution >= 0.6 is 0 Å². The number of ketones is 1. The van der Waals surface area contributed by atoms with Crippen LogP contribution < -0.4 is 10.1 Å². The summed E-state index contributed by atoms with van der Waals surface area (Å²) in [7, 11) is 1.55. The van der Waals surface area contributed by atoms with Crippen molar-refractivity contribution in [2.45, 2.75) is 6.92 Å². The lowest BCUT2D eigenvalue weighted by Crippen LogP contribution is -2.12. The molecule has 72 valence electrons. The number of carbonyl (C=O) groups excluding carboxylic acids is 2. The minimum atomic E-state index is -0.573. The van der Waals surface area contributed by atoms with E-state index in [0.29, 0.717) is 17.0 Å². The van der Waals surface area contributed by atoms with Crippen LogP contribution in [0.1, 0.15) is 15.9 Å². The average molecular weight is 191 g/mol. The van der Waals surface area contributed by atoms with Gasteiger partial charge in [-0.1, -0.05) is 0 Å². The van der Waals surface area contributed by atoms with E-state index < -0.39 is 11.7 Å². The Kier molecular flexibility index (Phi) is 1.77. The van der Waals surface area contributed by atoms with E-state index in [-0.39, 0.29) is 0 Å². The van der Waals surface area contributed by atoms with E-state index >= 15 is 0 Å². The van der Waals surface area contributed by atoms with Gasteiger partial charge in [-0.15, -0.1) is 0 Å². The molecule has 1 aromatic rings. The van der Waals surface area contributed by atoms with Crippen molar-refractivity contribution in [2.75, 3.05) is 12.4 Å². The van der Waals surface area contributed by atoms with Gasteiger partial charge in [-0.2, -0.15) is 0 Å². The van der Waals surface area contributed by atoms with Gasteiger partial charge in [0.1, 0.15) is 5.75 Å². The number of methoxy groups -OCH3 is 1. The molecule has 0 saturated heterocycles. The van der Waals surface area contributed by atoms with Crippen molar-refractivity contribution in [2.24, 2.45) is 0 Å². The molecular formula is C10H9NO3. The highest BCUT2D eigenvalue weighted by molar-refractivity contribution is 6.51. The fourth-order valence-corrected chi connectivity index (χ4v) is 1.56. The van der Waals surface area contributed by atoms with Crippen LogP contribution in [-0.2, 0) is 4.79 Å². The molecule has 14 heavy (non-hydrogen) atoms. The maximum atomic E-state index is 11.3. The van der Waals surface area contributed by atoms with E-state index in [1.54, 1.807) is 26.2 Å². The van der Waals surface area contributed by atoms with Crippen LogP contribution in [0.25, 0.3) is 0 Å². The molecule has 1 heterocycles. The summed E-state index contributed by atoms with van der Waals surface area (Å²) in [6.07, 6.45) is 0. The number of benzene rings is 1. The highest BCUT2D eigenvalue weighted by Crippen LogP contribution is 2.32. The molecule has 0 bridgehead atoms. The van der Waals surface area contributed by atoms with E-state index in [4.69, 9.17) is 4.74 Å². The molecule has 1 amide bonds. The van der Waals surface area contributed by atoms with Crippen LogP contribution in [0.5, 0.6) is 5.75 Å². The van der Waals surface area contributed by atoms with Crippen LogP contribution in [0.15, 0.2) is 12.1 Å². The van der Waals surface area contributed by atoms with E-state index in [2.05, 4.69) is 5.32 Å². The van der Waals surface area contributed by atoms with Crippen LogP contribution in [0, 0.1) is 6.92 Å². The van der Waals surface area contributed by atoms with Crippen molar-refractivity contribution in [1.29, 1.82) is 0 Å². The first kappa shape index (κ1) is 8.74. The minimum Gasteiger partial charge on any atom is -0.496 e. The third-order valence-electron chi connectivity index (χ3n) is 2.32. The highest BCUT2D eigenvalue weighted by Gasteiger charge is 2.29. The SMILES string of the molecule is COc1ccc2c(c1C)NC(=O)C2=O. The predicted octanol–water partition coefficient (Wildman–Crippen LogP) is 1.14. The zero-order chi connectivity index (χ0) is 10.3. The molecule has 1 aliphatic heterocycles. The van der Waals surface area contributed by atoms with Crippen molar-refractivity contribution in [3.63, 3.8) is 0 Å². The Morgan fingerprint density at radius 2 is 2.00 bits per heavy atom. The number of nitrogens with one attached hydrogen (secondary N) is 1. The summed E-state index contributed by atoms with van der Waals surface area (Å²) in [5.41, 5.74) is 1.77. The fraction of sp³-hybridized carbons (Fsp3) is 0.200. The van der Waals surface area contributed by atoms with E-state index in [9.17, 15) is 9.59 Å². The molecule has 0 aromatic heterocycles. The highest BCUT2D eigenvalue weighted by atomic mass is 16.5. The van der Waals surface area contributed by atoms with Crippen molar-refractivity contribution in [1.82, 2.24) is 0 Å². The van der Waals surface area contributed by atoms with E-state index in [0.717, 1.165) is 5.56 Å². The summed E-state index contributed by atoms with van der Waals surface area (Å²) in [4.78, 5) is 22.4. The molecule has 1 N–H and O–H groups in total. The van der Waals surface area contributed by atoms with Gasteiger partial charge in [-0.3, -0.25) is 9.59 Å². The number of hydrogen-bond donors (Lipinski definition) is 1. The molecule has 0 saturated carbocycles. The molecule has 4 nitrogen and oxygen atoms in total. The molecule has 2 rings (SSSR count). The summed E-state index contributed by atoms with van der Waals surface area (Å²) in [5.74, 6) is -0.388. The third-order valence-corrected chi connectivity index (χ3v) is 2.32. The van der Waals surface area contributed by atoms with Gasteiger partial charge in [0.15, 0.2) is 0 Å². The number of amides is 1. The number of carbonyl (C=O) groups is 2. The maximum Gasteiger partial charge on any atom is 0.296 e. The Balaban J connectivity index is 2.63. The molecule has 0 unspecified atom stereocenters. The second kappa shape index (κ2) is 2.83.